The molecule has 0 nitrogen and oxygen atoms in total. The lowest BCUT2D eigenvalue weighted by atomic mass is 9.65. The second-order valence-electron chi connectivity index (χ2n) is 31.9. The van der Waals surface area contributed by atoms with Crippen LogP contribution in [0, 0.1) is 153 Å². The molecule has 5 rings (SSSR count). The van der Waals surface area contributed by atoms with Gasteiger partial charge in [0, 0.05) is 0 Å². The van der Waals surface area contributed by atoms with Crippen LogP contribution in [0.2, 0.25) is 0 Å². The Kier molecular flexibility index (Phi) is 67.0. The maximum atomic E-state index is 2.42. The van der Waals surface area contributed by atoms with E-state index in [4.69, 9.17) is 0 Å². The fourth-order valence-corrected chi connectivity index (χ4v) is 13.0. The second kappa shape index (κ2) is 57.7. The lowest BCUT2D eigenvalue weighted by molar-refractivity contribution is 0.0855. The minimum atomic E-state index is 0. The summed E-state index contributed by atoms with van der Waals surface area (Å²) in [5.74, 6) is 18.7. The SMILES string of the molecule is C.C.C.C.CC/C(C)=C(/C)CC.CC/C(C)=C\C(C)CC.CC1=C(C)CC(C)C(C)C1.CC1CC(C)C(C)C(C)C1C.CC1CC(C)C(C)CC1C.CC1CC(C)C(C)CC1C.CCC(C)C(C)CC.CCC(C)CC(C)CC.Cc1cc(C)c(C)c(C)c1C. The molecule has 544 valence electrons. The highest BCUT2D eigenvalue weighted by Crippen LogP contribution is 2.42. The Morgan fingerprint density at radius 3 is 0.844 bits per heavy atom. The first-order chi connectivity index (χ1) is 39.7. The molecule has 0 spiro atoms. The summed E-state index contributed by atoms with van der Waals surface area (Å²) in [6.07, 6.45) is 23.9. The van der Waals surface area contributed by atoms with Crippen LogP contribution in [0.4, 0.5) is 0 Å². The van der Waals surface area contributed by atoms with Gasteiger partial charge in [0.1, 0.15) is 0 Å². The third kappa shape index (κ3) is 45.0. The molecule has 0 bridgehead atoms. The van der Waals surface area contributed by atoms with Crippen LogP contribution < -0.4 is 0 Å². The summed E-state index contributed by atoms with van der Waals surface area (Å²) in [5, 5.41) is 0. The maximum absolute atomic E-state index is 2.42. The zero-order valence-electron chi connectivity index (χ0n) is 67.0. The highest BCUT2D eigenvalue weighted by Gasteiger charge is 2.33. The third-order valence-corrected chi connectivity index (χ3v) is 24.8. The van der Waals surface area contributed by atoms with Crippen LogP contribution in [-0.4, -0.2) is 0 Å². The molecule has 3 fully saturated rings. The van der Waals surface area contributed by atoms with Gasteiger partial charge in [0.2, 0.25) is 0 Å². The number of allylic oxidation sites excluding steroid dienone is 6. The Labute approximate surface area is 578 Å². The van der Waals surface area contributed by atoms with Crippen molar-refractivity contribution in [1.82, 2.24) is 0 Å². The van der Waals surface area contributed by atoms with E-state index in [0.717, 1.165) is 118 Å². The summed E-state index contributed by atoms with van der Waals surface area (Å²) in [6, 6.07) is 2.26. The monoisotopic (exact) mass is 1270 g/mol. The predicted molar refractivity (Wildman–Crippen MR) is 430 cm³/mol. The molecule has 0 aromatic heterocycles. The molecular formula is C90H184. The summed E-state index contributed by atoms with van der Waals surface area (Å²) in [7, 11) is 0. The summed E-state index contributed by atoms with van der Waals surface area (Å²) in [4.78, 5) is 0. The van der Waals surface area contributed by atoms with E-state index >= 15 is 0 Å². The van der Waals surface area contributed by atoms with Gasteiger partial charge in [-0.05, 0) is 286 Å². The molecule has 90 heavy (non-hydrogen) atoms. The summed E-state index contributed by atoms with van der Waals surface area (Å²) in [6.45, 7) is 87.5. The van der Waals surface area contributed by atoms with Crippen molar-refractivity contribution < 1.29 is 0 Å². The first kappa shape index (κ1) is 105. The van der Waals surface area contributed by atoms with E-state index < -0.39 is 0 Å². The minimum absolute atomic E-state index is 0. The first-order valence-electron chi connectivity index (χ1n) is 37.8. The largest absolute Gasteiger partial charge is 0.0828 e. The molecule has 19 unspecified atom stereocenters. The molecule has 3 saturated carbocycles. The fourth-order valence-electron chi connectivity index (χ4n) is 13.0. The van der Waals surface area contributed by atoms with Gasteiger partial charge in [0.15, 0.2) is 0 Å². The van der Waals surface area contributed by atoms with Crippen molar-refractivity contribution in [3.8, 4) is 0 Å². The van der Waals surface area contributed by atoms with Crippen molar-refractivity contribution in [2.45, 2.75) is 396 Å². The van der Waals surface area contributed by atoms with Crippen LogP contribution in [0.1, 0.15) is 389 Å². The minimum Gasteiger partial charge on any atom is -0.0828 e. The standard InChI is InChI=1S/C11H22.C11H16.2C10H20.C10H18.C9H20.C9H18.C8H18.C8H16.4CH4/c2*1-7-6-8(2)10(4)11(5)9(7)3;3*1-7-5-9(3)10(4)6-8(7)2;2*1-5-8(3)7-9(4)6-2;2*1-5-7(3)8(4)6-2;;;;/h7-11H,6H2,1-5H3;6H,1-5H3;2*7-10H,5-6H2,1-4H3;7-8H,5-6H2,1-4H3;8-9H,5-7H2,1-4H3;7-8H,5-6H2,1-4H3;7-8H,5-6H2,1-4H3;5-6H2,1-4H3;4*1H4/b;;;;;;9-7-;;8-7-;;;;. The molecule has 4 aliphatic carbocycles. The van der Waals surface area contributed by atoms with Crippen molar-refractivity contribution in [1.29, 1.82) is 0 Å². The molecule has 0 heteroatoms. The highest BCUT2D eigenvalue weighted by atomic mass is 14.4. The number of rotatable bonds is 12. The second-order valence-corrected chi connectivity index (χ2v) is 31.9. The molecule has 0 aliphatic heterocycles. The first-order valence-corrected chi connectivity index (χ1v) is 37.8. The molecule has 0 amide bonds. The molecular weight excluding hydrogens is 1080 g/mol. The van der Waals surface area contributed by atoms with E-state index in [9.17, 15) is 0 Å². The zero-order chi connectivity index (χ0) is 68.0. The Hall–Kier alpha value is -1.56. The molecule has 0 saturated heterocycles. The van der Waals surface area contributed by atoms with Gasteiger partial charge in [-0.1, -0.05) is 296 Å². The van der Waals surface area contributed by atoms with Crippen LogP contribution in [0.5, 0.6) is 0 Å². The van der Waals surface area contributed by atoms with Gasteiger partial charge in [0.05, 0.1) is 0 Å². The van der Waals surface area contributed by atoms with Crippen molar-refractivity contribution in [2.75, 3.05) is 0 Å². The van der Waals surface area contributed by atoms with E-state index in [1.807, 2.05) is 0 Å². The van der Waals surface area contributed by atoms with Crippen LogP contribution in [-0.2, 0) is 0 Å². The van der Waals surface area contributed by atoms with Crippen molar-refractivity contribution in [2.24, 2.45) is 118 Å². The van der Waals surface area contributed by atoms with Gasteiger partial charge in [-0.25, -0.2) is 0 Å². The Morgan fingerprint density at radius 2 is 0.622 bits per heavy atom. The van der Waals surface area contributed by atoms with E-state index in [1.165, 1.54) is 136 Å². The van der Waals surface area contributed by atoms with E-state index in [1.54, 1.807) is 22.3 Å². The number of hydrogen-bond donors (Lipinski definition) is 0. The number of aryl methyl sites for hydroxylation is 2. The molecule has 1 aromatic carbocycles. The van der Waals surface area contributed by atoms with Crippen molar-refractivity contribution >= 4 is 0 Å². The number of hydrogen-bond acceptors (Lipinski definition) is 0. The summed E-state index contributed by atoms with van der Waals surface area (Å²) < 4.78 is 0. The lowest BCUT2D eigenvalue weighted by Crippen LogP contribution is -2.33. The highest BCUT2D eigenvalue weighted by molar-refractivity contribution is 5.42. The van der Waals surface area contributed by atoms with Crippen molar-refractivity contribution in [3.63, 3.8) is 0 Å². The maximum Gasteiger partial charge on any atom is -0.0262 e. The van der Waals surface area contributed by atoms with Crippen LogP contribution in [0.25, 0.3) is 0 Å². The molecule has 1 aromatic rings. The third-order valence-electron chi connectivity index (χ3n) is 24.8. The van der Waals surface area contributed by atoms with Crippen molar-refractivity contribution in [3.05, 3.63) is 67.8 Å². The van der Waals surface area contributed by atoms with Gasteiger partial charge < -0.3 is 0 Å². The van der Waals surface area contributed by atoms with E-state index in [-0.39, 0.29) is 29.7 Å². The van der Waals surface area contributed by atoms with Gasteiger partial charge in [-0.3, -0.25) is 0 Å². The molecule has 0 N–H and O–H groups in total. The molecule has 0 heterocycles. The zero-order valence-corrected chi connectivity index (χ0v) is 67.0. The Morgan fingerprint density at radius 1 is 0.356 bits per heavy atom. The van der Waals surface area contributed by atoms with Gasteiger partial charge >= 0.3 is 0 Å². The van der Waals surface area contributed by atoms with Crippen LogP contribution in [0.15, 0.2) is 40.0 Å². The number of benzene rings is 1. The summed E-state index contributed by atoms with van der Waals surface area (Å²) >= 11 is 0. The van der Waals surface area contributed by atoms with Gasteiger partial charge in [-0.2, -0.15) is 0 Å². The van der Waals surface area contributed by atoms with E-state index in [0.29, 0.717) is 0 Å². The van der Waals surface area contributed by atoms with Crippen LogP contribution in [0.3, 0.4) is 0 Å². The quantitative estimate of drug-likeness (QED) is 0.183. The van der Waals surface area contributed by atoms with Crippen LogP contribution >= 0.6 is 0 Å². The summed E-state index contributed by atoms with van der Waals surface area (Å²) in [5.41, 5.74) is 15.0. The normalized spacial score (nSPS) is 28.6. The molecule has 4 aliphatic rings. The predicted octanol–water partition coefficient (Wildman–Crippen LogP) is 32.5. The fraction of sp³-hybridized carbons (Fsp3) is 0.867. The average molecular weight is 1270 g/mol. The lowest BCUT2D eigenvalue weighted by Gasteiger charge is -2.41. The molecule has 0 radical (unpaired) electrons. The Balaban J connectivity index is -0.000000140. The Bertz CT molecular complexity index is 1730. The molecule has 19 atom stereocenters. The van der Waals surface area contributed by atoms with E-state index in [2.05, 4.69) is 275 Å². The average Bonchev–Trinajstić information content (AvgIpc) is 2.06. The van der Waals surface area contributed by atoms with Gasteiger partial charge in [-0.15, -0.1) is 0 Å². The van der Waals surface area contributed by atoms with Gasteiger partial charge in [0.25, 0.3) is 0 Å². The smallest absolute Gasteiger partial charge is 0.0262 e. The topological polar surface area (TPSA) is 0 Å².